The number of carbonyl (C=O) groups excluding carboxylic acids is 1. The molecule has 0 fully saturated rings. The molecule has 2 aromatic rings. The van der Waals surface area contributed by atoms with Crippen LogP contribution in [0.5, 0.6) is 0 Å². The van der Waals surface area contributed by atoms with Crippen molar-refractivity contribution in [3.8, 4) is 0 Å². The second-order valence-corrected chi connectivity index (χ2v) is 4.95. The molecule has 2 heterocycles. The normalized spacial score (nSPS) is 10.4. The van der Waals surface area contributed by atoms with E-state index in [0.29, 0.717) is 16.7 Å². The Bertz CT molecular complexity index is 549. The Morgan fingerprint density at radius 3 is 3.00 bits per heavy atom. The molecule has 0 aromatic carbocycles. The molecular weight excluding hydrogens is 264 g/mol. The zero-order chi connectivity index (χ0) is 13.7. The monoisotopic (exact) mass is 280 g/mol. The van der Waals surface area contributed by atoms with E-state index in [-0.39, 0.29) is 5.91 Å². The van der Waals surface area contributed by atoms with Crippen molar-refractivity contribution < 1.29 is 4.79 Å². The molecule has 0 aliphatic heterocycles. The number of nitrogens with one attached hydrogen (secondary N) is 2. The summed E-state index contributed by atoms with van der Waals surface area (Å²) in [6.07, 6.45) is 4.53. The van der Waals surface area contributed by atoms with Crippen LogP contribution in [-0.2, 0) is 13.6 Å². The number of hydrogen-bond acceptors (Lipinski definition) is 6. The van der Waals surface area contributed by atoms with E-state index in [2.05, 4.69) is 32.7 Å². The summed E-state index contributed by atoms with van der Waals surface area (Å²) in [7, 11) is 1.88. The number of carbonyl (C=O) groups is 1. The molecule has 0 aliphatic rings. The lowest BCUT2D eigenvalue weighted by Gasteiger charge is -2.02. The summed E-state index contributed by atoms with van der Waals surface area (Å²) in [5.74, 6) is 0.562. The molecule has 2 rings (SSSR count). The lowest BCUT2D eigenvalue weighted by molar-refractivity contribution is 0.0948. The van der Waals surface area contributed by atoms with Crippen LogP contribution in [0.2, 0.25) is 0 Å². The Kier molecular flexibility index (Phi) is 4.45. The van der Waals surface area contributed by atoms with Gasteiger partial charge in [-0.1, -0.05) is 18.3 Å². The third kappa shape index (κ3) is 3.50. The minimum atomic E-state index is -0.231. The van der Waals surface area contributed by atoms with Gasteiger partial charge in [-0.15, -0.1) is 10.2 Å². The molecular formula is C11H16N6OS. The van der Waals surface area contributed by atoms with E-state index < -0.39 is 0 Å². The van der Waals surface area contributed by atoms with Crippen LogP contribution in [-0.4, -0.2) is 32.2 Å². The molecule has 0 atom stereocenters. The van der Waals surface area contributed by atoms with Crippen LogP contribution in [0.4, 0.5) is 5.13 Å². The molecule has 0 saturated heterocycles. The third-order valence-electron chi connectivity index (χ3n) is 2.47. The van der Waals surface area contributed by atoms with E-state index in [4.69, 9.17) is 0 Å². The first-order valence-corrected chi connectivity index (χ1v) is 6.84. The van der Waals surface area contributed by atoms with Gasteiger partial charge in [-0.2, -0.15) is 0 Å². The van der Waals surface area contributed by atoms with Crippen LogP contribution in [0, 0.1) is 0 Å². The van der Waals surface area contributed by atoms with Gasteiger partial charge in [-0.3, -0.25) is 4.79 Å². The van der Waals surface area contributed by atoms with Gasteiger partial charge < -0.3 is 15.2 Å². The summed E-state index contributed by atoms with van der Waals surface area (Å²) in [5, 5.41) is 14.7. The Labute approximate surface area is 115 Å². The number of aryl methyl sites for hydroxylation is 1. The molecule has 2 N–H and O–H groups in total. The maximum atomic E-state index is 11.9. The smallest absolute Gasteiger partial charge is 0.282 e. The number of amides is 1. The maximum Gasteiger partial charge on any atom is 0.282 e. The van der Waals surface area contributed by atoms with Crippen LogP contribution in [0.15, 0.2) is 12.4 Å². The molecule has 2 aromatic heterocycles. The fourth-order valence-corrected chi connectivity index (χ4v) is 2.11. The summed E-state index contributed by atoms with van der Waals surface area (Å²) in [6, 6.07) is 0. The molecule has 19 heavy (non-hydrogen) atoms. The van der Waals surface area contributed by atoms with Gasteiger partial charge in [0.15, 0.2) is 0 Å². The summed E-state index contributed by atoms with van der Waals surface area (Å²) in [5.41, 5.74) is 0. The fraction of sp³-hybridized carbons (Fsp3) is 0.455. The topological polar surface area (TPSA) is 84.7 Å². The first kappa shape index (κ1) is 13.5. The van der Waals surface area contributed by atoms with Gasteiger partial charge in [0.25, 0.3) is 5.91 Å². The van der Waals surface area contributed by atoms with Crippen molar-refractivity contribution in [3.63, 3.8) is 0 Å². The van der Waals surface area contributed by atoms with E-state index in [0.717, 1.165) is 18.8 Å². The molecule has 0 saturated carbocycles. The van der Waals surface area contributed by atoms with Gasteiger partial charge in [0, 0.05) is 26.0 Å². The van der Waals surface area contributed by atoms with Crippen LogP contribution >= 0.6 is 11.3 Å². The van der Waals surface area contributed by atoms with Gasteiger partial charge in [0.1, 0.15) is 5.82 Å². The zero-order valence-corrected chi connectivity index (χ0v) is 11.7. The quantitative estimate of drug-likeness (QED) is 0.825. The van der Waals surface area contributed by atoms with Crippen molar-refractivity contribution in [2.45, 2.75) is 19.9 Å². The lowest BCUT2D eigenvalue weighted by atomic mass is 10.5. The number of nitrogens with zero attached hydrogens (tertiary/aromatic N) is 4. The average Bonchev–Trinajstić information content (AvgIpc) is 3.03. The van der Waals surface area contributed by atoms with E-state index in [1.54, 1.807) is 6.20 Å². The Balaban J connectivity index is 1.89. The van der Waals surface area contributed by atoms with E-state index in [1.807, 2.05) is 17.8 Å². The molecule has 0 bridgehead atoms. The van der Waals surface area contributed by atoms with Crippen LogP contribution in [0.25, 0.3) is 0 Å². The Morgan fingerprint density at radius 1 is 1.47 bits per heavy atom. The van der Waals surface area contributed by atoms with Gasteiger partial charge in [0.2, 0.25) is 10.1 Å². The van der Waals surface area contributed by atoms with E-state index >= 15 is 0 Å². The van der Waals surface area contributed by atoms with Crippen LogP contribution in [0.3, 0.4) is 0 Å². The average molecular weight is 280 g/mol. The number of hydrogen-bond donors (Lipinski definition) is 2. The molecule has 0 aliphatic carbocycles. The predicted octanol–water partition coefficient (Wildman–Crippen LogP) is 1.02. The standard InChI is InChI=1S/C11H16N6OS/c1-3-4-13-11-16-15-10(19-11)9(18)14-7-8-12-5-6-17(8)2/h5-6H,3-4,7H2,1-2H3,(H,13,16)(H,14,18). The highest BCUT2D eigenvalue weighted by Gasteiger charge is 2.12. The number of rotatable bonds is 6. The second kappa shape index (κ2) is 6.28. The number of anilines is 1. The second-order valence-electron chi connectivity index (χ2n) is 3.98. The first-order valence-electron chi connectivity index (χ1n) is 6.02. The fourth-order valence-electron chi connectivity index (χ4n) is 1.42. The van der Waals surface area contributed by atoms with Gasteiger partial charge in [-0.25, -0.2) is 4.98 Å². The SMILES string of the molecule is CCCNc1nnc(C(=O)NCc2nccn2C)s1. The maximum absolute atomic E-state index is 11.9. The Morgan fingerprint density at radius 2 is 2.32 bits per heavy atom. The molecule has 0 spiro atoms. The summed E-state index contributed by atoms with van der Waals surface area (Å²) in [6.45, 7) is 3.26. The van der Waals surface area contributed by atoms with Gasteiger partial charge >= 0.3 is 0 Å². The molecule has 0 radical (unpaired) electrons. The summed E-state index contributed by atoms with van der Waals surface area (Å²) in [4.78, 5) is 16.0. The predicted molar refractivity (Wildman–Crippen MR) is 73.1 cm³/mol. The summed E-state index contributed by atoms with van der Waals surface area (Å²) >= 11 is 1.25. The van der Waals surface area contributed by atoms with Gasteiger partial charge in [-0.05, 0) is 6.42 Å². The third-order valence-corrected chi connectivity index (χ3v) is 3.35. The molecule has 102 valence electrons. The number of aromatic nitrogens is 4. The van der Waals surface area contributed by atoms with Crippen molar-refractivity contribution >= 4 is 22.4 Å². The van der Waals surface area contributed by atoms with Crippen molar-refractivity contribution in [3.05, 3.63) is 23.2 Å². The van der Waals surface area contributed by atoms with Gasteiger partial charge in [0.05, 0.1) is 6.54 Å². The van der Waals surface area contributed by atoms with E-state index in [1.165, 1.54) is 11.3 Å². The zero-order valence-electron chi connectivity index (χ0n) is 10.9. The van der Waals surface area contributed by atoms with Crippen LogP contribution in [0.1, 0.15) is 29.0 Å². The van der Waals surface area contributed by atoms with Crippen molar-refractivity contribution in [2.75, 3.05) is 11.9 Å². The van der Waals surface area contributed by atoms with Crippen LogP contribution < -0.4 is 10.6 Å². The van der Waals surface area contributed by atoms with E-state index in [9.17, 15) is 4.79 Å². The minimum absolute atomic E-state index is 0.231. The molecule has 1 amide bonds. The summed E-state index contributed by atoms with van der Waals surface area (Å²) < 4.78 is 1.86. The molecule has 8 heteroatoms. The Hall–Kier alpha value is -1.96. The highest BCUT2D eigenvalue weighted by atomic mass is 32.1. The largest absolute Gasteiger partial charge is 0.360 e. The van der Waals surface area contributed by atoms with Crippen molar-refractivity contribution in [1.29, 1.82) is 0 Å². The highest BCUT2D eigenvalue weighted by molar-refractivity contribution is 7.17. The lowest BCUT2D eigenvalue weighted by Crippen LogP contribution is -2.24. The highest BCUT2D eigenvalue weighted by Crippen LogP contribution is 2.14. The first-order chi connectivity index (χ1) is 9.20. The molecule has 7 nitrogen and oxygen atoms in total. The number of imidazole rings is 1. The van der Waals surface area contributed by atoms with Crippen molar-refractivity contribution in [1.82, 2.24) is 25.1 Å². The molecule has 0 unspecified atom stereocenters. The minimum Gasteiger partial charge on any atom is -0.360 e. The van der Waals surface area contributed by atoms with Crippen molar-refractivity contribution in [2.24, 2.45) is 7.05 Å².